The highest BCUT2D eigenvalue weighted by Crippen LogP contribution is 2.43. The summed E-state index contributed by atoms with van der Waals surface area (Å²) in [4.78, 5) is 39.3. The van der Waals surface area contributed by atoms with Gasteiger partial charge in [0, 0.05) is 18.4 Å². The second kappa shape index (κ2) is 7.72. The van der Waals surface area contributed by atoms with Gasteiger partial charge < -0.3 is 5.11 Å². The summed E-state index contributed by atoms with van der Waals surface area (Å²) in [6.45, 7) is 3.14. The van der Waals surface area contributed by atoms with Crippen molar-refractivity contribution in [3.8, 4) is 0 Å². The summed E-state index contributed by atoms with van der Waals surface area (Å²) in [5.41, 5.74) is 0.587. The molecule has 0 radical (unpaired) electrons. The van der Waals surface area contributed by atoms with E-state index in [4.69, 9.17) is 0 Å². The summed E-state index contributed by atoms with van der Waals surface area (Å²) in [5.74, 6) is -1.29. The first kappa shape index (κ1) is 19.8. The summed E-state index contributed by atoms with van der Waals surface area (Å²) in [5, 5.41) is 29.8. The third-order valence-corrected chi connectivity index (χ3v) is 7.63. The standard InChI is InChI=1S/C14H14N8O4S3/c1-6-16-17-14(29-6)28-4-8-3-27-12-10(11(24)21(12)9(8)13(25)26)22(7(2)23)20-5-15-18-19-20/h5,10,12H,3-4H2,1-2H3,(H,25,26)/t10?,12-/m0/s1. The number of tetrazole rings is 1. The number of carbonyl (C=O) groups is 3. The predicted octanol–water partition coefficient (Wildman–Crippen LogP) is -0.268. The summed E-state index contributed by atoms with van der Waals surface area (Å²) in [7, 11) is 0. The summed E-state index contributed by atoms with van der Waals surface area (Å²) < 4.78 is 0.737. The Hall–Kier alpha value is -2.52. The zero-order chi connectivity index (χ0) is 20.7. The number of fused-ring (bicyclic) bond motifs is 1. The van der Waals surface area contributed by atoms with Gasteiger partial charge in [-0.3, -0.25) is 14.5 Å². The first-order chi connectivity index (χ1) is 13.9. The van der Waals surface area contributed by atoms with Gasteiger partial charge in [-0.05, 0) is 22.9 Å². The number of rotatable bonds is 6. The fourth-order valence-corrected chi connectivity index (χ4v) is 6.41. The van der Waals surface area contributed by atoms with E-state index in [1.807, 2.05) is 6.92 Å². The second-order valence-electron chi connectivity index (χ2n) is 6.08. The second-order valence-corrected chi connectivity index (χ2v) is 9.59. The molecule has 2 atom stereocenters. The highest BCUT2D eigenvalue weighted by molar-refractivity contribution is 8.01. The molecule has 1 saturated heterocycles. The van der Waals surface area contributed by atoms with E-state index in [1.165, 1.54) is 53.0 Å². The number of amides is 2. The lowest BCUT2D eigenvalue weighted by atomic mass is 10.0. The molecule has 29 heavy (non-hydrogen) atoms. The maximum atomic E-state index is 12.9. The van der Waals surface area contributed by atoms with Crippen LogP contribution < -0.4 is 5.01 Å². The van der Waals surface area contributed by atoms with E-state index >= 15 is 0 Å². The molecule has 4 rings (SSSR count). The topological polar surface area (TPSA) is 147 Å². The van der Waals surface area contributed by atoms with Crippen LogP contribution in [0.1, 0.15) is 11.9 Å². The van der Waals surface area contributed by atoms with Crippen molar-refractivity contribution in [1.29, 1.82) is 0 Å². The van der Waals surface area contributed by atoms with Crippen molar-refractivity contribution in [3.05, 3.63) is 22.6 Å². The van der Waals surface area contributed by atoms with E-state index in [0.29, 0.717) is 17.1 Å². The molecule has 2 aromatic rings. The number of thioether (sulfide) groups is 2. The van der Waals surface area contributed by atoms with Gasteiger partial charge in [0.25, 0.3) is 5.91 Å². The highest BCUT2D eigenvalue weighted by Gasteiger charge is 2.57. The minimum absolute atomic E-state index is 0.0380. The number of nitrogens with zero attached hydrogens (tertiary/aromatic N) is 8. The molecule has 1 fully saturated rings. The van der Waals surface area contributed by atoms with Crippen molar-refractivity contribution >= 4 is 52.6 Å². The number of carboxylic acid groups (broad SMARTS) is 1. The Bertz CT molecular complexity index is 1010. The van der Waals surface area contributed by atoms with E-state index in [2.05, 4.69) is 25.7 Å². The molecular formula is C14H14N8O4S3. The Balaban J connectivity index is 1.58. The quantitative estimate of drug-likeness (QED) is 0.454. The molecule has 0 aromatic carbocycles. The highest BCUT2D eigenvalue weighted by atomic mass is 32.2. The van der Waals surface area contributed by atoms with Gasteiger partial charge in [0.05, 0.1) is 0 Å². The average Bonchev–Trinajstić information content (AvgIpc) is 3.34. The molecule has 2 aliphatic rings. The van der Waals surface area contributed by atoms with Gasteiger partial charge in [0.2, 0.25) is 5.91 Å². The largest absolute Gasteiger partial charge is 0.477 e. The molecule has 1 N–H and O–H groups in total. The van der Waals surface area contributed by atoms with Crippen molar-refractivity contribution in [2.75, 3.05) is 16.5 Å². The zero-order valence-electron chi connectivity index (χ0n) is 15.1. The van der Waals surface area contributed by atoms with Crippen LogP contribution in [0.15, 0.2) is 21.9 Å². The third-order valence-electron chi connectivity index (χ3n) is 4.24. The van der Waals surface area contributed by atoms with E-state index in [0.717, 1.165) is 19.1 Å². The Morgan fingerprint density at radius 3 is 2.79 bits per heavy atom. The Kier molecular flexibility index (Phi) is 5.26. The Morgan fingerprint density at radius 2 is 2.21 bits per heavy atom. The lowest BCUT2D eigenvalue weighted by Crippen LogP contribution is -2.73. The van der Waals surface area contributed by atoms with Crippen LogP contribution in [0.2, 0.25) is 0 Å². The molecule has 0 bridgehead atoms. The lowest BCUT2D eigenvalue weighted by molar-refractivity contribution is -0.150. The molecule has 152 valence electrons. The van der Waals surface area contributed by atoms with Crippen molar-refractivity contribution in [2.24, 2.45) is 0 Å². The van der Waals surface area contributed by atoms with Gasteiger partial charge in [-0.1, -0.05) is 23.1 Å². The smallest absolute Gasteiger partial charge is 0.352 e. The minimum atomic E-state index is -1.18. The molecular weight excluding hydrogens is 440 g/mol. The SMILES string of the molecule is CC(=O)N(C1C(=O)N2C(C(=O)O)=C(CSc3nnc(C)s3)CS[C@@H]12)n1cnnn1. The first-order valence-corrected chi connectivity index (χ1v) is 11.1. The molecule has 12 nitrogen and oxygen atoms in total. The number of aryl methyl sites for hydroxylation is 1. The van der Waals surface area contributed by atoms with Crippen LogP contribution in [0.5, 0.6) is 0 Å². The van der Waals surface area contributed by atoms with Gasteiger partial charge in [-0.2, -0.15) is 0 Å². The van der Waals surface area contributed by atoms with E-state index < -0.39 is 29.2 Å². The average molecular weight is 455 g/mol. The maximum Gasteiger partial charge on any atom is 0.352 e. The van der Waals surface area contributed by atoms with Gasteiger partial charge >= 0.3 is 5.97 Å². The fourth-order valence-electron chi connectivity index (χ4n) is 3.07. The minimum Gasteiger partial charge on any atom is -0.477 e. The number of aliphatic carboxylic acids is 1. The van der Waals surface area contributed by atoms with Crippen LogP contribution in [0, 0.1) is 6.92 Å². The molecule has 0 aliphatic carbocycles. The Morgan fingerprint density at radius 1 is 1.41 bits per heavy atom. The predicted molar refractivity (Wildman–Crippen MR) is 104 cm³/mol. The summed E-state index contributed by atoms with van der Waals surface area (Å²) in [6, 6.07) is -0.879. The molecule has 4 heterocycles. The van der Waals surface area contributed by atoms with E-state index in [1.54, 1.807) is 0 Å². The van der Waals surface area contributed by atoms with Crippen molar-refractivity contribution < 1.29 is 19.5 Å². The monoisotopic (exact) mass is 454 g/mol. The van der Waals surface area contributed by atoms with Gasteiger partial charge in [0.1, 0.15) is 16.1 Å². The van der Waals surface area contributed by atoms with Crippen molar-refractivity contribution in [2.45, 2.75) is 29.6 Å². The summed E-state index contributed by atoms with van der Waals surface area (Å²) in [6.07, 6.45) is 1.21. The number of β-lactam (4-membered cyclic amide) rings is 1. The first-order valence-electron chi connectivity index (χ1n) is 8.24. The molecule has 1 unspecified atom stereocenters. The van der Waals surface area contributed by atoms with Crippen LogP contribution in [-0.4, -0.2) is 81.2 Å². The van der Waals surface area contributed by atoms with Crippen LogP contribution in [0.25, 0.3) is 0 Å². The number of hydrogen-bond donors (Lipinski definition) is 1. The van der Waals surface area contributed by atoms with Crippen LogP contribution in [0.3, 0.4) is 0 Å². The van der Waals surface area contributed by atoms with Crippen LogP contribution in [0.4, 0.5) is 0 Å². The summed E-state index contributed by atoms with van der Waals surface area (Å²) >= 11 is 4.21. The zero-order valence-corrected chi connectivity index (χ0v) is 17.6. The maximum absolute atomic E-state index is 12.9. The van der Waals surface area contributed by atoms with Crippen LogP contribution >= 0.6 is 34.9 Å². The number of hydrogen-bond acceptors (Lipinski definition) is 11. The van der Waals surface area contributed by atoms with Crippen molar-refractivity contribution in [3.63, 3.8) is 0 Å². The van der Waals surface area contributed by atoms with Gasteiger partial charge in [-0.15, -0.1) is 31.8 Å². The number of carboxylic acids is 1. The number of carbonyl (C=O) groups excluding carboxylic acids is 2. The number of aromatic nitrogens is 6. The molecule has 2 aromatic heterocycles. The molecule has 2 aliphatic heterocycles. The molecule has 15 heteroatoms. The lowest BCUT2D eigenvalue weighted by Gasteiger charge is -2.51. The molecule has 0 saturated carbocycles. The fraction of sp³-hybridized carbons (Fsp3) is 0.429. The molecule has 2 amide bonds. The third kappa shape index (κ3) is 3.49. The Labute approximate surface area is 176 Å². The normalized spacial score (nSPS) is 21.0. The van der Waals surface area contributed by atoms with E-state index in [-0.39, 0.29) is 5.70 Å². The van der Waals surface area contributed by atoms with E-state index in [9.17, 15) is 19.5 Å². The molecule has 0 spiro atoms. The van der Waals surface area contributed by atoms with Gasteiger partial charge in [-0.25, -0.2) is 9.80 Å². The van der Waals surface area contributed by atoms with Crippen LogP contribution in [-0.2, 0) is 14.4 Å². The van der Waals surface area contributed by atoms with Crippen molar-refractivity contribution in [1.82, 2.24) is 35.4 Å². The van der Waals surface area contributed by atoms with Gasteiger partial charge in [0.15, 0.2) is 16.7 Å².